The second-order valence-corrected chi connectivity index (χ2v) is 11.1. The summed E-state index contributed by atoms with van der Waals surface area (Å²) < 4.78 is 63.7. The standard InChI is InChI=1S/C27H21ClF2N5O7S/c1-17-12-19(34(36)37)15-20(13-17)42-11-5-4-10-33(43(40,41)25-7-3-2-6-23(25)35(38)39)24-14-18(8-9-21(24)29)26-22(30)16-31-27(28)32-26/h2-3,6-9,12-16H,1,4-5,10-11H2. The van der Waals surface area contributed by atoms with E-state index in [1.54, 1.807) is 0 Å². The average Bonchev–Trinajstić information content (AvgIpc) is 2.96. The molecule has 0 spiro atoms. The van der Waals surface area contributed by atoms with Gasteiger partial charge >= 0.3 is 0 Å². The zero-order valence-corrected chi connectivity index (χ0v) is 23.6. The van der Waals surface area contributed by atoms with Crippen molar-refractivity contribution in [3.05, 3.63) is 116 Å². The van der Waals surface area contributed by atoms with Crippen molar-refractivity contribution in [3.8, 4) is 17.0 Å². The van der Waals surface area contributed by atoms with Crippen LogP contribution in [-0.2, 0) is 10.0 Å². The van der Waals surface area contributed by atoms with E-state index >= 15 is 4.39 Å². The number of hydrogen-bond acceptors (Lipinski definition) is 9. The van der Waals surface area contributed by atoms with Gasteiger partial charge in [0.25, 0.3) is 21.4 Å². The molecule has 43 heavy (non-hydrogen) atoms. The largest absolute Gasteiger partial charge is 0.493 e. The lowest BCUT2D eigenvalue weighted by molar-refractivity contribution is -0.387. The van der Waals surface area contributed by atoms with Gasteiger partial charge in [-0.05, 0) is 67.3 Å². The third-order valence-electron chi connectivity index (χ3n) is 6.02. The minimum atomic E-state index is -4.75. The van der Waals surface area contributed by atoms with Crippen LogP contribution in [-0.4, -0.2) is 41.4 Å². The number of benzene rings is 3. The van der Waals surface area contributed by atoms with E-state index in [0.29, 0.717) is 9.87 Å². The molecular weight excluding hydrogens is 612 g/mol. The van der Waals surface area contributed by atoms with Crippen molar-refractivity contribution < 1.29 is 31.8 Å². The fraction of sp³-hybridized carbons (Fsp3) is 0.148. The molecule has 0 bridgehead atoms. The molecule has 3 aromatic carbocycles. The molecule has 12 nitrogen and oxygen atoms in total. The summed E-state index contributed by atoms with van der Waals surface area (Å²) in [7, 11) is -4.75. The van der Waals surface area contributed by atoms with Crippen LogP contribution >= 0.6 is 11.6 Å². The Labute approximate surface area is 248 Å². The molecule has 0 amide bonds. The van der Waals surface area contributed by atoms with Crippen molar-refractivity contribution in [2.24, 2.45) is 0 Å². The van der Waals surface area contributed by atoms with Crippen LogP contribution in [0.15, 0.2) is 71.8 Å². The van der Waals surface area contributed by atoms with Gasteiger partial charge in [0.1, 0.15) is 17.3 Å². The monoisotopic (exact) mass is 632 g/mol. The third-order valence-corrected chi connectivity index (χ3v) is 8.06. The minimum absolute atomic E-state index is 0.00680. The molecule has 0 atom stereocenters. The lowest BCUT2D eigenvalue weighted by Crippen LogP contribution is -2.33. The van der Waals surface area contributed by atoms with Gasteiger partial charge in [-0.3, -0.25) is 24.5 Å². The maximum absolute atomic E-state index is 15.3. The van der Waals surface area contributed by atoms with Crippen molar-refractivity contribution in [2.45, 2.75) is 17.7 Å². The topological polar surface area (TPSA) is 159 Å². The average molecular weight is 633 g/mol. The summed E-state index contributed by atoms with van der Waals surface area (Å²) in [5, 5.41) is 22.4. The zero-order valence-electron chi connectivity index (χ0n) is 22.0. The summed E-state index contributed by atoms with van der Waals surface area (Å²) in [6.07, 6.45) is 1.05. The van der Waals surface area contributed by atoms with Crippen molar-refractivity contribution >= 4 is 38.7 Å². The van der Waals surface area contributed by atoms with E-state index in [4.69, 9.17) is 16.3 Å². The molecule has 1 aromatic heterocycles. The first-order chi connectivity index (χ1) is 20.4. The van der Waals surface area contributed by atoms with E-state index in [1.807, 2.05) is 0 Å². The summed E-state index contributed by atoms with van der Waals surface area (Å²) in [5.74, 6) is -1.74. The summed E-state index contributed by atoms with van der Waals surface area (Å²) in [6, 6.07) is 11.7. The Morgan fingerprint density at radius 2 is 1.72 bits per heavy atom. The Bertz CT molecular complexity index is 1810. The molecular formula is C27H21ClF2N5O7S. The Morgan fingerprint density at radius 1 is 0.977 bits per heavy atom. The number of unbranched alkanes of at least 4 members (excludes halogenated alkanes) is 1. The highest BCUT2D eigenvalue weighted by Crippen LogP contribution is 2.34. The van der Waals surface area contributed by atoms with E-state index in [1.165, 1.54) is 36.4 Å². The van der Waals surface area contributed by atoms with Gasteiger partial charge < -0.3 is 4.74 Å². The number of ether oxygens (including phenoxy) is 1. The van der Waals surface area contributed by atoms with Crippen LogP contribution in [0.25, 0.3) is 11.3 Å². The van der Waals surface area contributed by atoms with Gasteiger partial charge in [0, 0.05) is 24.2 Å². The summed E-state index contributed by atoms with van der Waals surface area (Å²) in [6.45, 7) is 3.29. The van der Waals surface area contributed by atoms with Crippen LogP contribution < -0.4 is 9.04 Å². The highest BCUT2D eigenvalue weighted by Gasteiger charge is 2.33. The molecule has 0 aliphatic rings. The van der Waals surface area contributed by atoms with Crippen molar-refractivity contribution in [1.29, 1.82) is 0 Å². The van der Waals surface area contributed by atoms with E-state index < -0.39 is 47.8 Å². The molecule has 223 valence electrons. The molecule has 1 radical (unpaired) electrons. The summed E-state index contributed by atoms with van der Waals surface area (Å²) in [5.41, 5.74) is -1.47. The normalized spacial score (nSPS) is 11.3. The number of aromatic nitrogens is 2. The van der Waals surface area contributed by atoms with Crippen LogP contribution in [0.5, 0.6) is 5.75 Å². The molecule has 4 rings (SSSR count). The molecule has 0 unspecified atom stereocenters. The maximum Gasteiger partial charge on any atom is 0.289 e. The number of nitro benzene ring substituents is 2. The minimum Gasteiger partial charge on any atom is -0.493 e. The molecule has 0 aliphatic heterocycles. The van der Waals surface area contributed by atoms with E-state index in [-0.39, 0.29) is 54.0 Å². The van der Waals surface area contributed by atoms with Gasteiger partial charge in [0.2, 0.25) is 5.28 Å². The number of rotatable bonds is 12. The van der Waals surface area contributed by atoms with Gasteiger partial charge in [-0.25, -0.2) is 27.2 Å². The van der Waals surface area contributed by atoms with Crippen molar-refractivity contribution in [1.82, 2.24) is 9.97 Å². The first-order valence-electron chi connectivity index (χ1n) is 12.4. The van der Waals surface area contributed by atoms with Gasteiger partial charge in [0.15, 0.2) is 10.7 Å². The lowest BCUT2D eigenvalue weighted by Gasteiger charge is -2.25. The zero-order chi connectivity index (χ0) is 31.3. The molecule has 0 aliphatic carbocycles. The Kier molecular flexibility index (Phi) is 9.46. The number of para-hydroxylation sites is 1. The Morgan fingerprint density at radius 3 is 2.44 bits per heavy atom. The number of halogens is 3. The fourth-order valence-corrected chi connectivity index (χ4v) is 5.89. The van der Waals surface area contributed by atoms with Crippen LogP contribution in [0, 0.1) is 38.8 Å². The van der Waals surface area contributed by atoms with Crippen LogP contribution in [0.3, 0.4) is 0 Å². The quantitative estimate of drug-likeness (QED) is 0.0775. The Hall–Kier alpha value is -4.76. The Balaban J connectivity index is 1.67. The molecule has 0 fully saturated rings. The molecule has 0 saturated carbocycles. The SMILES string of the molecule is [CH2]c1cc(OCCCCN(c2cc(-c3nc(Cl)ncc3F)ccc2F)S(=O)(=O)c2ccccc2[N+](=O)[O-])cc([N+](=O)[O-])c1. The molecule has 0 saturated heterocycles. The molecule has 1 heterocycles. The van der Waals surface area contributed by atoms with Gasteiger partial charge in [0.05, 0.1) is 34.4 Å². The number of sulfonamides is 1. The highest BCUT2D eigenvalue weighted by molar-refractivity contribution is 7.93. The van der Waals surface area contributed by atoms with Crippen LogP contribution in [0.2, 0.25) is 5.28 Å². The smallest absolute Gasteiger partial charge is 0.289 e. The maximum atomic E-state index is 15.3. The summed E-state index contributed by atoms with van der Waals surface area (Å²) in [4.78, 5) is 27.9. The predicted octanol–water partition coefficient (Wildman–Crippen LogP) is 6.13. The van der Waals surface area contributed by atoms with E-state index in [0.717, 1.165) is 30.5 Å². The van der Waals surface area contributed by atoms with Crippen molar-refractivity contribution in [2.75, 3.05) is 17.5 Å². The molecule has 0 N–H and O–H groups in total. The van der Waals surface area contributed by atoms with Gasteiger partial charge in [-0.15, -0.1) is 0 Å². The van der Waals surface area contributed by atoms with E-state index in [9.17, 15) is 33.0 Å². The van der Waals surface area contributed by atoms with Crippen molar-refractivity contribution in [3.63, 3.8) is 0 Å². The number of nitro groups is 2. The molecule has 4 aromatic rings. The second kappa shape index (κ2) is 13.0. The predicted molar refractivity (Wildman–Crippen MR) is 152 cm³/mol. The van der Waals surface area contributed by atoms with Crippen LogP contribution in [0.1, 0.15) is 18.4 Å². The third kappa shape index (κ3) is 7.18. The molecule has 16 heteroatoms. The number of anilines is 1. The highest BCUT2D eigenvalue weighted by atomic mass is 35.5. The first-order valence-corrected chi connectivity index (χ1v) is 14.2. The number of hydrogen-bond donors (Lipinski definition) is 0. The van der Waals surface area contributed by atoms with Crippen LogP contribution in [0.4, 0.5) is 25.8 Å². The summed E-state index contributed by atoms with van der Waals surface area (Å²) >= 11 is 5.79. The lowest BCUT2D eigenvalue weighted by atomic mass is 10.1. The number of non-ortho nitro benzene ring substituents is 1. The number of nitrogens with zero attached hydrogens (tertiary/aromatic N) is 5. The fourth-order valence-electron chi connectivity index (χ4n) is 4.09. The van der Waals surface area contributed by atoms with E-state index in [2.05, 4.69) is 16.9 Å². The van der Waals surface area contributed by atoms with Gasteiger partial charge in [-0.2, -0.15) is 0 Å². The van der Waals surface area contributed by atoms with Gasteiger partial charge in [-0.1, -0.05) is 12.1 Å². The first kappa shape index (κ1) is 31.2. The second-order valence-electron chi connectivity index (χ2n) is 8.95.